The summed E-state index contributed by atoms with van der Waals surface area (Å²) < 4.78 is 16.2. The first-order valence-electron chi connectivity index (χ1n) is 13.2. The summed E-state index contributed by atoms with van der Waals surface area (Å²) in [5, 5.41) is 11.7. The third-order valence-corrected chi connectivity index (χ3v) is 10.5. The highest BCUT2D eigenvalue weighted by Gasteiger charge is 2.74. The van der Waals surface area contributed by atoms with Crippen molar-refractivity contribution in [3.63, 3.8) is 0 Å². The van der Waals surface area contributed by atoms with Crippen LogP contribution in [0.5, 0.6) is 0 Å². The van der Waals surface area contributed by atoms with Crippen LogP contribution in [0.15, 0.2) is 23.8 Å². The van der Waals surface area contributed by atoms with E-state index in [4.69, 9.17) is 25.8 Å². The van der Waals surface area contributed by atoms with Crippen LogP contribution in [0, 0.1) is 22.7 Å². The highest BCUT2D eigenvalue weighted by atomic mass is 35.5. The van der Waals surface area contributed by atoms with Crippen molar-refractivity contribution in [1.82, 2.24) is 0 Å². The molecule has 7 atom stereocenters. The maximum absolute atomic E-state index is 13.7. The van der Waals surface area contributed by atoms with E-state index >= 15 is 0 Å². The zero-order chi connectivity index (χ0) is 27.2. The summed E-state index contributed by atoms with van der Waals surface area (Å²) in [5.74, 6) is -1.61. The topological polar surface area (TPSA) is 116 Å². The number of rotatable bonds is 7. The number of unbranched alkanes of at least 4 members (excludes halogenated alkanes) is 1. The molecule has 0 saturated heterocycles. The molecule has 0 bridgehead atoms. The number of carbonyl (C=O) groups is 4. The average molecular weight is 537 g/mol. The van der Waals surface area contributed by atoms with Crippen LogP contribution in [0.25, 0.3) is 0 Å². The molecule has 0 amide bonds. The van der Waals surface area contributed by atoms with Crippen molar-refractivity contribution in [2.75, 3.05) is 13.2 Å². The fraction of sp³-hybridized carbons (Fsp3) is 0.714. The number of alkyl halides is 1. The Labute approximate surface area is 222 Å². The van der Waals surface area contributed by atoms with Gasteiger partial charge in [0.25, 0.3) is 0 Å². The van der Waals surface area contributed by atoms with Crippen molar-refractivity contribution in [2.45, 2.75) is 89.2 Å². The minimum absolute atomic E-state index is 0.0905. The molecule has 1 unspecified atom stereocenters. The lowest BCUT2D eigenvalue weighted by atomic mass is 9.45. The molecule has 1 N–H and O–H groups in total. The summed E-state index contributed by atoms with van der Waals surface area (Å²) in [4.78, 5) is 49.0. The lowest BCUT2D eigenvalue weighted by molar-refractivity contribution is -0.182. The van der Waals surface area contributed by atoms with Crippen LogP contribution < -0.4 is 0 Å². The Morgan fingerprint density at radius 1 is 1.16 bits per heavy atom. The van der Waals surface area contributed by atoms with E-state index in [0.29, 0.717) is 25.7 Å². The Morgan fingerprint density at radius 2 is 1.89 bits per heavy atom. The molecule has 0 spiro atoms. The molecule has 37 heavy (non-hydrogen) atoms. The van der Waals surface area contributed by atoms with Gasteiger partial charge < -0.3 is 19.3 Å². The van der Waals surface area contributed by atoms with Gasteiger partial charge in [0.2, 0.25) is 5.78 Å². The first-order valence-corrected chi connectivity index (χ1v) is 13.6. The molecule has 0 heterocycles. The number of aliphatic hydroxyl groups excluding tert-OH is 1. The Hall–Kier alpha value is -2.19. The molecule has 204 valence electrons. The molecule has 4 aliphatic carbocycles. The van der Waals surface area contributed by atoms with E-state index < -0.39 is 51.9 Å². The predicted octanol–water partition coefficient (Wildman–Crippen LogP) is 4.45. The van der Waals surface area contributed by atoms with Crippen LogP contribution in [0.4, 0.5) is 4.79 Å². The molecular formula is C28H37ClO8. The molecule has 3 saturated carbocycles. The second-order valence-electron chi connectivity index (χ2n) is 11.4. The number of fused-ring (bicyclic) bond motifs is 5. The molecule has 0 aromatic carbocycles. The van der Waals surface area contributed by atoms with Crippen molar-refractivity contribution in [3.8, 4) is 0 Å². The number of halogens is 1. The minimum atomic E-state index is -1.63. The largest absolute Gasteiger partial charge is 0.509 e. The van der Waals surface area contributed by atoms with Gasteiger partial charge in [0.1, 0.15) is 0 Å². The number of allylic oxidation sites excluding steroid dienone is 4. The second-order valence-corrected chi connectivity index (χ2v) is 12.0. The van der Waals surface area contributed by atoms with E-state index in [2.05, 4.69) is 0 Å². The van der Waals surface area contributed by atoms with Crippen LogP contribution in [0.2, 0.25) is 0 Å². The highest BCUT2D eigenvalue weighted by Crippen LogP contribution is 2.71. The van der Waals surface area contributed by atoms with Gasteiger partial charge in [-0.25, -0.2) is 4.79 Å². The summed E-state index contributed by atoms with van der Waals surface area (Å²) >= 11 is 7.44. The van der Waals surface area contributed by atoms with Gasteiger partial charge in [-0.15, -0.1) is 11.6 Å². The fourth-order valence-corrected chi connectivity index (χ4v) is 8.16. The van der Waals surface area contributed by atoms with E-state index in [1.807, 2.05) is 26.8 Å². The first kappa shape index (κ1) is 27.8. The predicted molar refractivity (Wildman–Crippen MR) is 135 cm³/mol. The van der Waals surface area contributed by atoms with Gasteiger partial charge in [0.15, 0.2) is 18.0 Å². The standard InChI is InChI=1S/C28H37ClO8/c1-5-6-13-35-24(34)37-27(23(33)16-36-17(2)30)12-10-20-21-8-7-18-14-19(31)9-11-25(18,3)28(21,29)22(32)15-26(20,27)4/h9,11,14,20-22,32H,5-8,10,12-13,15-16H2,1-4H3/t20-,21-,22?,25-,26-,27-,28-/m0/s1. The summed E-state index contributed by atoms with van der Waals surface area (Å²) in [5.41, 5.74) is -2.44. The molecular weight excluding hydrogens is 500 g/mol. The molecule has 3 fully saturated rings. The summed E-state index contributed by atoms with van der Waals surface area (Å²) in [6.07, 6.45) is 6.51. The zero-order valence-corrected chi connectivity index (χ0v) is 22.8. The number of ketones is 2. The normalized spacial score (nSPS) is 40.1. The number of aliphatic hydroxyl groups is 1. The zero-order valence-electron chi connectivity index (χ0n) is 22.0. The molecule has 4 aliphatic rings. The van der Waals surface area contributed by atoms with Crippen molar-refractivity contribution >= 4 is 35.3 Å². The van der Waals surface area contributed by atoms with Crippen molar-refractivity contribution in [1.29, 1.82) is 0 Å². The second kappa shape index (κ2) is 9.84. The maximum atomic E-state index is 13.7. The van der Waals surface area contributed by atoms with E-state index in [1.165, 1.54) is 13.0 Å². The van der Waals surface area contributed by atoms with Gasteiger partial charge in [0, 0.05) is 17.8 Å². The van der Waals surface area contributed by atoms with Crippen LogP contribution >= 0.6 is 11.6 Å². The molecule has 0 aliphatic heterocycles. The van der Waals surface area contributed by atoms with E-state index in [-0.39, 0.29) is 37.1 Å². The molecule has 8 nitrogen and oxygen atoms in total. The smallest absolute Gasteiger partial charge is 0.458 e. The van der Waals surface area contributed by atoms with Crippen molar-refractivity contribution < 1.29 is 38.5 Å². The van der Waals surface area contributed by atoms with Crippen LogP contribution in [-0.4, -0.2) is 58.6 Å². The van der Waals surface area contributed by atoms with Gasteiger partial charge in [-0.2, -0.15) is 0 Å². The summed E-state index contributed by atoms with van der Waals surface area (Å²) in [6.45, 7) is 6.62. The number of hydrogen-bond acceptors (Lipinski definition) is 8. The van der Waals surface area contributed by atoms with E-state index in [0.717, 1.165) is 12.0 Å². The Balaban J connectivity index is 1.72. The van der Waals surface area contributed by atoms with Gasteiger partial charge >= 0.3 is 12.1 Å². The van der Waals surface area contributed by atoms with E-state index in [9.17, 15) is 24.3 Å². The Morgan fingerprint density at radius 3 is 2.57 bits per heavy atom. The number of Topliss-reactive ketones (excluding diaryl/α,β-unsaturated/α-hetero) is 1. The quantitative estimate of drug-likeness (QED) is 0.288. The third-order valence-electron chi connectivity index (χ3n) is 9.59. The monoisotopic (exact) mass is 536 g/mol. The average Bonchev–Trinajstić information content (AvgIpc) is 3.11. The van der Waals surface area contributed by atoms with Crippen LogP contribution in [0.3, 0.4) is 0 Å². The van der Waals surface area contributed by atoms with Gasteiger partial charge in [0.05, 0.1) is 17.6 Å². The lowest BCUT2D eigenvalue weighted by Crippen LogP contribution is -2.69. The van der Waals surface area contributed by atoms with Crippen LogP contribution in [-0.2, 0) is 28.6 Å². The molecule has 0 radical (unpaired) electrons. The fourth-order valence-electron chi connectivity index (χ4n) is 7.64. The number of esters is 1. The van der Waals surface area contributed by atoms with Gasteiger partial charge in [-0.05, 0) is 62.5 Å². The Bertz CT molecular complexity index is 1050. The first-order chi connectivity index (χ1) is 17.4. The van der Waals surface area contributed by atoms with Crippen molar-refractivity contribution in [3.05, 3.63) is 23.8 Å². The third kappa shape index (κ3) is 4.15. The summed E-state index contributed by atoms with van der Waals surface area (Å²) in [6, 6.07) is 0. The number of carbonyl (C=O) groups excluding carboxylic acids is 4. The molecule has 0 aromatic heterocycles. The molecule has 9 heteroatoms. The van der Waals surface area contributed by atoms with Crippen LogP contribution in [0.1, 0.15) is 72.6 Å². The van der Waals surface area contributed by atoms with Crippen molar-refractivity contribution in [2.24, 2.45) is 22.7 Å². The van der Waals surface area contributed by atoms with E-state index in [1.54, 1.807) is 6.08 Å². The number of ether oxygens (including phenoxy) is 3. The maximum Gasteiger partial charge on any atom is 0.509 e. The highest BCUT2D eigenvalue weighted by molar-refractivity contribution is 6.26. The minimum Gasteiger partial charge on any atom is -0.458 e. The summed E-state index contributed by atoms with van der Waals surface area (Å²) in [7, 11) is 0. The molecule has 0 aromatic rings. The lowest BCUT2D eigenvalue weighted by Gasteiger charge is -2.63. The SMILES string of the molecule is CCCCOC(=O)O[C@]1(C(=O)COC(C)=O)CC[C@H]2[C@@H]3CCC4=CC(=O)C=C[C@]4(C)[C@@]3(Cl)C(O)C[C@@]21C. The Kier molecular flexibility index (Phi) is 7.40. The van der Waals surface area contributed by atoms with Gasteiger partial charge in [-0.3, -0.25) is 14.4 Å². The molecule has 4 rings (SSSR count). The van der Waals surface area contributed by atoms with Gasteiger partial charge in [-0.1, -0.05) is 38.8 Å². The number of hydrogen-bond donors (Lipinski definition) is 1.